The summed E-state index contributed by atoms with van der Waals surface area (Å²) in [4.78, 5) is 18.5. The standard InChI is InChI=1S/C21H24N4O3/c1-3-28-20(27)18-22-19-15(13-26)11-17(12-25(19)23-18)24-10-9-21(2,14-24)16-7-5-4-6-8-16/h4-8,11-12,26H,3,9-10,13-14H2,1-2H3/t21-/m0/s1. The summed E-state index contributed by atoms with van der Waals surface area (Å²) in [7, 11) is 0. The van der Waals surface area contributed by atoms with Gasteiger partial charge in [-0.1, -0.05) is 37.3 Å². The number of aliphatic hydroxyl groups is 1. The number of carbonyl (C=O) groups excluding carboxylic acids is 1. The van der Waals surface area contributed by atoms with E-state index in [1.807, 2.05) is 18.3 Å². The maximum Gasteiger partial charge on any atom is 0.378 e. The van der Waals surface area contributed by atoms with Crippen molar-refractivity contribution in [2.75, 3.05) is 24.6 Å². The number of pyridine rings is 1. The maximum absolute atomic E-state index is 12.0. The van der Waals surface area contributed by atoms with E-state index in [1.54, 1.807) is 11.4 Å². The van der Waals surface area contributed by atoms with Crippen molar-refractivity contribution >= 4 is 17.3 Å². The van der Waals surface area contributed by atoms with Crippen LogP contribution in [0.25, 0.3) is 5.65 Å². The molecule has 1 saturated heterocycles. The summed E-state index contributed by atoms with van der Waals surface area (Å²) < 4.78 is 6.55. The van der Waals surface area contributed by atoms with Crippen LogP contribution in [-0.4, -0.2) is 45.4 Å². The summed E-state index contributed by atoms with van der Waals surface area (Å²) in [5.41, 5.74) is 3.45. The number of ether oxygens (including phenoxy) is 1. The minimum atomic E-state index is -0.561. The molecule has 0 spiro atoms. The Morgan fingerprint density at radius 2 is 2.11 bits per heavy atom. The summed E-state index contributed by atoms with van der Waals surface area (Å²) in [6, 6.07) is 12.5. The van der Waals surface area contributed by atoms with Crippen LogP contribution in [0.2, 0.25) is 0 Å². The molecule has 1 aliphatic heterocycles. The fraction of sp³-hybridized carbons (Fsp3) is 0.381. The summed E-state index contributed by atoms with van der Waals surface area (Å²) in [5, 5.41) is 14.1. The van der Waals surface area contributed by atoms with Gasteiger partial charge in [-0.2, -0.15) is 0 Å². The lowest BCUT2D eigenvalue weighted by molar-refractivity contribution is 0.0512. The van der Waals surface area contributed by atoms with Crippen LogP contribution in [0.4, 0.5) is 5.69 Å². The van der Waals surface area contributed by atoms with Crippen molar-refractivity contribution in [3.8, 4) is 0 Å². The summed E-state index contributed by atoms with van der Waals surface area (Å²) >= 11 is 0. The molecule has 7 nitrogen and oxygen atoms in total. The molecule has 146 valence electrons. The number of rotatable bonds is 5. The Morgan fingerprint density at radius 1 is 1.32 bits per heavy atom. The number of aromatic nitrogens is 3. The van der Waals surface area contributed by atoms with Crippen molar-refractivity contribution in [2.45, 2.75) is 32.3 Å². The second-order valence-electron chi connectivity index (χ2n) is 7.40. The lowest BCUT2D eigenvalue weighted by atomic mass is 9.82. The number of carbonyl (C=O) groups is 1. The molecule has 1 aliphatic rings. The first kappa shape index (κ1) is 18.4. The Hall–Kier alpha value is -2.93. The van der Waals surface area contributed by atoms with Gasteiger partial charge in [-0.15, -0.1) is 5.10 Å². The highest BCUT2D eigenvalue weighted by Gasteiger charge is 2.35. The predicted molar refractivity (Wildman–Crippen MR) is 105 cm³/mol. The Bertz CT molecular complexity index is 1000. The average molecular weight is 380 g/mol. The monoisotopic (exact) mass is 380 g/mol. The molecule has 1 N–H and O–H groups in total. The fourth-order valence-corrected chi connectivity index (χ4v) is 3.87. The van der Waals surface area contributed by atoms with Gasteiger partial charge in [0.05, 0.1) is 25.1 Å². The minimum absolute atomic E-state index is 0.00393. The molecule has 0 bridgehead atoms. The molecule has 0 radical (unpaired) electrons. The first-order chi connectivity index (χ1) is 13.5. The van der Waals surface area contributed by atoms with E-state index in [2.05, 4.69) is 46.2 Å². The zero-order chi connectivity index (χ0) is 19.7. The Kier molecular flexibility index (Phi) is 4.77. The number of nitrogens with zero attached hydrogens (tertiary/aromatic N) is 4. The molecule has 3 heterocycles. The van der Waals surface area contributed by atoms with E-state index in [-0.39, 0.29) is 24.5 Å². The smallest absolute Gasteiger partial charge is 0.378 e. The largest absolute Gasteiger partial charge is 0.460 e. The topological polar surface area (TPSA) is 80.0 Å². The number of benzene rings is 1. The van der Waals surface area contributed by atoms with Crippen LogP contribution < -0.4 is 4.90 Å². The molecule has 3 aromatic rings. The van der Waals surface area contributed by atoms with Crippen LogP contribution in [0.3, 0.4) is 0 Å². The van der Waals surface area contributed by atoms with Gasteiger partial charge in [0, 0.05) is 24.1 Å². The SMILES string of the molecule is CCOC(=O)c1nc2c(CO)cc(N3CC[C@](C)(c4ccccc4)C3)cn2n1. The molecule has 0 saturated carbocycles. The van der Waals surface area contributed by atoms with Gasteiger partial charge in [-0.05, 0) is 25.0 Å². The van der Waals surface area contributed by atoms with Crippen molar-refractivity contribution in [2.24, 2.45) is 0 Å². The van der Waals surface area contributed by atoms with Gasteiger partial charge in [0.25, 0.3) is 5.82 Å². The molecule has 0 unspecified atom stereocenters. The molecular weight excluding hydrogens is 356 g/mol. The van der Waals surface area contributed by atoms with E-state index < -0.39 is 5.97 Å². The maximum atomic E-state index is 12.0. The molecule has 4 rings (SSSR count). The zero-order valence-corrected chi connectivity index (χ0v) is 16.1. The number of esters is 1. The molecule has 1 atom stereocenters. The van der Waals surface area contributed by atoms with Crippen molar-refractivity contribution in [1.29, 1.82) is 0 Å². The predicted octanol–water partition coefficient (Wildman–Crippen LogP) is 2.57. The van der Waals surface area contributed by atoms with Crippen molar-refractivity contribution in [1.82, 2.24) is 14.6 Å². The summed E-state index contributed by atoms with van der Waals surface area (Å²) in [5.74, 6) is -0.557. The molecule has 28 heavy (non-hydrogen) atoms. The molecule has 7 heteroatoms. The molecular formula is C21H24N4O3. The Morgan fingerprint density at radius 3 is 2.82 bits per heavy atom. The molecule has 0 amide bonds. The molecule has 2 aromatic heterocycles. The van der Waals surface area contributed by atoms with E-state index in [1.165, 1.54) is 5.56 Å². The first-order valence-corrected chi connectivity index (χ1v) is 9.52. The van der Waals surface area contributed by atoms with Crippen LogP contribution in [0.1, 0.15) is 42.0 Å². The zero-order valence-electron chi connectivity index (χ0n) is 16.1. The van der Waals surface area contributed by atoms with E-state index in [0.29, 0.717) is 11.2 Å². The second kappa shape index (κ2) is 7.24. The van der Waals surface area contributed by atoms with Crippen LogP contribution in [0.15, 0.2) is 42.6 Å². The Balaban J connectivity index is 1.67. The summed E-state index contributed by atoms with van der Waals surface area (Å²) in [6.07, 6.45) is 2.90. The van der Waals surface area contributed by atoms with E-state index in [9.17, 15) is 9.90 Å². The lowest BCUT2D eigenvalue weighted by Gasteiger charge is -2.26. The molecule has 1 fully saturated rings. The molecule has 1 aromatic carbocycles. The highest BCUT2D eigenvalue weighted by atomic mass is 16.5. The third-order valence-corrected chi connectivity index (χ3v) is 5.43. The second-order valence-corrected chi connectivity index (χ2v) is 7.40. The van der Waals surface area contributed by atoms with Gasteiger partial charge < -0.3 is 14.7 Å². The number of hydrogen-bond acceptors (Lipinski definition) is 6. The van der Waals surface area contributed by atoms with E-state index in [0.717, 1.165) is 25.2 Å². The number of anilines is 1. The van der Waals surface area contributed by atoms with Gasteiger partial charge >= 0.3 is 5.97 Å². The van der Waals surface area contributed by atoms with Crippen LogP contribution in [-0.2, 0) is 16.8 Å². The van der Waals surface area contributed by atoms with Crippen LogP contribution >= 0.6 is 0 Å². The highest BCUT2D eigenvalue weighted by Crippen LogP contribution is 2.36. The first-order valence-electron chi connectivity index (χ1n) is 9.52. The third kappa shape index (κ3) is 3.22. The van der Waals surface area contributed by atoms with Crippen molar-refractivity contribution in [3.05, 3.63) is 59.5 Å². The molecule has 0 aliphatic carbocycles. The normalized spacial score (nSPS) is 19.3. The van der Waals surface area contributed by atoms with Gasteiger partial charge in [-0.25, -0.2) is 14.3 Å². The fourth-order valence-electron chi connectivity index (χ4n) is 3.87. The van der Waals surface area contributed by atoms with Crippen molar-refractivity contribution in [3.63, 3.8) is 0 Å². The Labute approximate surface area is 163 Å². The average Bonchev–Trinajstić information content (AvgIpc) is 3.33. The highest BCUT2D eigenvalue weighted by molar-refractivity contribution is 5.86. The number of fused-ring (bicyclic) bond motifs is 1. The number of hydrogen-bond donors (Lipinski definition) is 1. The third-order valence-electron chi connectivity index (χ3n) is 5.43. The minimum Gasteiger partial charge on any atom is -0.460 e. The van der Waals surface area contributed by atoms with E-state index >= 15 is 0 Å². The summed E-state index contributed by atoms with van der Waals surface area (Å²) in [6.45, 7) is 5.87. The van der Waals surface area contributed by atoms with Crippen molar-refractivity contribution < 1.29 is 14.6 Å². The van der Waals surface area contributed by atoms with E-state index in [4.69, 9.17) is 4.74 Å². The van der Waals surface area contributed by atoms with Gasteiger partial charge in [-0.3, -0.25) is 0 Å². The van der Waals surface area contributed by atoms with Crippen LogP contribution in [0, 0.1) is 0 Å². The van der Waals surface area contributed by atoms with Gasteiger partial charge in [0.1, 0.15) is 0 Å². The van der Waals surface area contributed by atoms with Gasteiger partial charge in [0.2, 0.25) is 0 Å². The van der Waals surface area contributed by atoms with Gasteiger partial charge in [0.15, 0.2) is 5.65 Å². The lowest BCUT2D eigenvalue weighted by Crippen LogP contribution is -2.28. The van der Waals surface area contributed by atoms with Crippen LogP contribution in [0.5, 0.6) is 0 Å². The number of aliphatic hydroxyl groups excluding tert-OH is 1. The quantitative estimate of drug-likeness (QED) is 0.686.